The zero-order chi connectivity index (χ0) is 14.0. The monoisotopic (exact) mass is 262 g/mol. The Morgan fingerprint density at radius 1 is 1.42 bits per heavy atom. The van der Waals surface area contributed by atoms with E-state index in [4.69, 9.17) is 5.73 Å². The molecule has 0 amide bonds. The van der Waals surface area contributed by atoms with Gasteiger partial charge in [-0.25, -0.2) is 4.98 Å². The normalized spacial score (nSPS) is 13.3. The molecule has 0 aliphatic heterocycles. The van der Waals surface area contributed by atoms with Gasteiger partial charge < -0.3 is 20.3 Å². The lowest BCUT2D eigenvalue weighted by atomic mass is 10.2. The standard InChI is InChI=1S/C14H22N4O/c1-10(6-7-17(2)3)18-13-5-4-11(15)8-12(13)16-14(18)9-19/h4-5,8,10,19H,6-7,9,15H2,1-3H3. The Hall–Kier alpha value is -1.59. The molecule has 0 aliphatic rings. The van der Waals surface area contributed by atoms with Crippen LogP contribution in [-0.4, -0.2) is 40.2 Å². The highest BCUT2D eigenvalue weighted by Gasteiger charge is 2.15. The molecule has 0 bridgehead atoms. The first-order valence-electron chi connectivity index (χ1n) is 6.55. The quantitative estimate of drug-likeness (QED) is 0.804. The Morgan fingerprint density at radius 3 is 2.79 bits per heavy atom. The van der Waals surface area contributed by atoms with Gasteiger partial charge in [0.1, 0.15) is 12.4 Å². The summed E-state index contributed by atoms with van der Waals surface area (Å²) >= 11 is 0. The van der Waals surface area contributed by atoms with Crippen molar-refractivity contribution in [3.63, 3.8) is 0 Å². The van der Waals surface area contributed by atoms with Crippen LogP contribution in [-0.2, 0) is 6.61 Å². The molecule has 2 rings (SSSR count). The number of nitrogens with zero attached hydrogens (tertiary/aromatic N) is 3. The lowest BCUT2D eigenvalue weighted by Crippen LogP contribution is -2.18. The summed E-state index contributed by atoms with van der Waals surface area (Å²) in [5.74, 6) is 0.701. The van der Waals surface area contributed by atoms with Crippen molar-refractivity contribution < 1.29 is 5.11 Å². The maximum absolute atomic E-state index is 9.49. The van der Waals surface area contributed by atoms with Crippen molar-refractivity contribution in [2.45, 2.75) is 26.0 Å². The fraction of sp³-hybridized carbons (Fsp3) is 0.500. The fourth-order valence-corrected chi connectivity index (χ4v) is 2.34. The fourth-order valence-electron chi connectivity index (χ4n) is 2.34. The summed E-state index contributed by atoms with van der Waals surface area (Å²) in [6.45, 7) is 3.10. The van der Waals surface area contributed by atoms with Gasteiger partial charge in [0.25, 0.3) is 0 Å². The van der Waals surface area contributed by atoms with Crippen LogP contribution in [0.4, 0.5) is 5.69 Å². The van der Waals surface area contributed by atoms with Gasteiger partial charge in [0.15, 0.2) is 0 Å². The molecule has 19 heavy (non-hydrogen) atoms. The van der Waals surface area contributed by atoms with Crippen LogP contribution in [0, 0.1) is 0 Å². The van der Waals surface area contributed by atoms with E-state index in [-0.39, 0.29) is 12.6 Å². The minimum absolute atomic E-state index is 0.0547. The van der Waals surface area contributed by atoms with Crippen LogP contribution in [0.25, 0.3) is 11.0 Å². The highest BCUT2D eigenvalue weighted by atomic mass is 16.3. The molecule has 104 valence electrons. The van der Waals surface area contributed by atoms with E-state index < -0.39 is 0 Å². The summed E-state index contributed by atoms with van der Waals surface area (Å²) in [4.78, 5) is 6.62. The van der Waals surface area contributed by atoms with Crippen LogP contribution < -0.4 is 5.73 Å². The van der Waals surface area contributed by atoms with Crippen LogP contribution >= 0.6 is 0 Å². The zero-order valence-electron chi connectivity index (χ0n) is 11.8. The molecule has 0 saturated heterocycles. The lowest BCUT2D eigenvalue weighted by Gasteiger charge is -2.19. The minimum atomic E-state index is -0.0547. The number of aliphatic hydroxyl groups is 1. The van der Waals surface area contributed by atoms with Gasteiger partial charge in [-0.05, 0) is 52.2 Å². The molecule has 2 aromatic rings. The molecule has 0 spiro atoms. The number of fused-ring (bicyclic) bond motifs is 1. The highest BCUT2D eigenvalue weighted by Crippen LogP contribution is 2.24. The molecule has 1 atom stereocenters. The predicted molar refractivity (Wildman–Crippen MR) is 78.0 cm³/mol. The largest absolute Gasteiger partial charge is 0.399 e. The van der Waals surface area contributed by atoms with E-state index in [2.05, 4.69) is 35.5 Å². The number of hydrogen-bond donors (Lipinski definition) is 2. The number of anilines is 1. The average Bonchev–Trinajstić information content (AvgIpc) is 2.73. The van der Waals surface area contributed by atoms with E-state index in [9.17, 15) is 5.11 Å². The molecule has 1 unspecified atom stereocenters. The number of imidazole rings is 1. The van der Waals surface area contributed by atoms with Crippen LogP contribution in [0.2, 0.25) is 0 Å². The zero-order valence-corrected chi connectivity index (χ0v) is 11.8. The molecule has 1 heterocycles. The van der Waals surface area contributed by atoms with E-state index in [0.717, 1.165) is 24.0 Å². The van der Waals surface area contributed by atoms with Crippen molar-refractivity contribution in [2.24, 2.45) is 0 Å². The number of rotatable bonds is 5. The Kier molecular flexibility index (Phi) is 4.07. The smallest absolute Gasteiger partial charge is 0.135 e. The van der Waals surface area contributed by atoms with Gasteiger partial charge in [0.2, 0.25) is 0 Å². The van der Waals surface area contributed by atoms with Crippen LogP contribution in [0.15, 0.2) is 18.2 Å². The number of nitrogens with two attached hydrogens (primary N) is 1. The van der Waals surface area contributed by atoms with Gasteiger partial charge >= 0.3 is 0 Å². The summed E-state index contributed by atoms with van der Waals surface area (Å²) in [5.41, 5.74) is 8.36. The van der Waals surface area contributed by atoms with Crippen LogP contribution in [0.5, 0.6) is 0 Å². The molecule has 5 nitrogen and oxygen atoms in total. The van der Waals surface area contributed by atoms with E-state index in [1.54, 1.807) is 0 Å². The van der Waals surface area contributed by atoms with Gasteiger partial charge in [-0.3, -0.25) is 0 Å². The summed E-state index contributed by atoms with van der Waals surface area (Å²) in [7, 11) is 4.12. The molecule has 0 radical (unpaired) electrons. The minimum Gasteiger partial charge on any atom is -0.399 e. The van der Waals surface area contributed by atoms with Crippen molar-refractivity contribution in [2.75, 3.05) is 26.4 Å². The van der Waals surface area contributed by atoms with Gasteiger partial charge in [0, 0.05) is 11.7 Å². The summed E-state index contributed by atoms with van der Waals surface area (Å²) in [6.07, 6.45) is 1.01. The maximum Gasteiger partial charge on any atom is 0.135 e. The van der Waals surface area contributed by atoms with Crippen LogP contribution in [0.1, 0.15) is 25.2 Å². The predicted octanol–water partition coefficient (Wildman–Crippen LogP) is 1.62. The Balaban J connectivity index is 2.39. The second kappa shape index (κ2) is 5.59. The first kappa shape index (κ1) is 13.8. The van der Waals surface area contributed by atoms with Gasteiger partial charge in [-0.1, -0.05) is 0 Å². The van der Waals surface area contributed by atoms with E-state index >= 15 is 0 Å². The Morgan fingerprint density at radius 2 is 2.16 bits per heavy atom. The van der Waals surface area contributed by atoms with Gasteiger partial charge in [-0.2, -0.15) is 0 Å². The van der Waals surface area contributed by atoms with E-state index in [0.29, 0.717) is 11.5 Å². The van der Waals surface area contributed by atoms with Crippen molar-refractivity contribution in [3.05, 3.63) is 24.0 Å². The molecule has 5 heteroatoms. The second-order valence-corrected chi connectivity index (χ2v) is 5.25. The number of aliphatic hydroxyl groups excluding tert-OH is 1. The summed E-state index contributed by atoms with van der Waals surface area (Å²) < 4.78 is 2.11. The van der Waals surface area contributed by atoms with Gasteiger partial charge in [-0.15, -0.1) is 0 Å². The van der Waals surface area contributed by atoms with E-state index in [1.807, 2.05) is 18.2 Å². The van der Waals surface area contributed by atoms with Crippen molar-refractivity contribution in [1.29, 1.82) is 0 Å². The number of nitrogen functional groups attached to an aromatic ring is 1. The number of aromatic nitrogens is 2. The first-order valence-corrected chi connectivity index (χ1v) is 6.55. The molecule has 3 N–H and O–H groups in total. The maximum atomic E-state index is 9.49. The Bertz CT molecular complexity index is 562. The highest BCUT2D eigenvalue weighted by molar-refractivity contribution is 5.79. The molecular weight excluding hydrogens is 240 g/mol. The molecule has 1 aromatic carbocycles. The average molecular weight is 262 g/mol. The van der Waals surface area contributed by atoms with Crippen LogP contribution in [0.3, 0.4) is 0 Å². The van der Waals surface area contributed by atoms with Gasteiger partial charge in [0.05, 0.1) is 11.0 Å². The van der Waals surface area contributed by atoms with Crippen molar-refractivity contribution in [1.82, 2.24) is 14.5 Å². The summed E-state index contributed by atoms with van der Waals surface area (Å²) in [6, 6.07) is 5.99. The Labute approximate surface area is 113 Å². The molecule has 0 aliphatic carbocycles. The third kappa shape index (κ3) is 2.88. The lowest BCUT2D eigenvalue weighted by molar-refractivity contribution is 0.259. The van der Waals surface area contributed by atoms with E-state index in [1.165, 1.54) is 0 Å². The summed E-state index contributed by atoms with van der Waals surface area (Å²) in [5, 5.41) is 9.49. The molecule has 1 aromatic heterocycles. The third-order valence-corrected chi connectivity index (χ3v) is 3.36. The molecule has 0 saturated carbocycles. The third-order valence-electron chi connectivity index (χ3n) is 3.36. The SMILES string of the molecule is CC(CCN(C)C)n1c(CO)nc2cc(N)ccc21. The first-order chi connectivity index (χ1) is 9.02. The molecule has 0 fully saturated rings. The van der Waals surface area contributed by atoms with Crippen molar-refractivity contribution >= 4 is 16.7 Å². The van der Waals surface area contributed by atoms with Crippen molar-refractivity contribution in [3.8, 4) is 0 Å². The number of hydrogen-bond acceptors (Lipinski definition) is 4. The molecular formula is C14H22N4O. The number of benzene rings is 1. The topological polar surface area (TPSA) is 67.3 Å². The second-order valence-electron chi connectivity index (χ2n) is 5.25.